The molecule has 0 atom stereocenters. The Morgan fingerprint density at radius 1 is 1.40 bits per heavy atom. The number of anilines is 1. The molecule has 1 aromatic carbocycles. The first-order valence-electron chi connectivity index (χ1n) is 6.68. The van der Waals surface area contributed by atoms with Gasteiger partial charge in [0.15, 0.2) is 0 Å². The number of H-pyrrole nitrogens is 1. The van der Waals surface area contributed by atoms with Crippen LogP contribution in [0, 0.1) is 6.92 Å². The third kappa shape index (κ3) is 2.64. The topological polar surface area (TPSA) is 87.9 Å². The van der Waals surface area contributed by atoms with Crippen molar-refractivity contribution in [3.63, 3.8) is 0 Å². The van der Waals surface area contributed by atoms with Gasteiger partial charge < -0.3 is 10.6 Å². The zero-order valence-electron chi connectivity index (χ0n) is 11.3. The number of amides is 1. The molecule has 0 aliphatic heterocycles. The van der Waals surface area contributed by atoms with Crippen LogP contribution in [-0.2, 0) is 6.54 Å². The number of nitrogens with one attached hydrogen (secondary N) is 1. The van der Waals surface area contributed by atoms with Crippen molar-refractivity contribution in [2.24, 2.45) is 0 Å². The van der Waals surface area contributed by atoms with Crippen molar-refractivity contribution in [2.45, 2.75) is 32.4 Å². The summed E-state index contributed by atoms with van der Waals surface area (Å²) in [4.78, 5) is 18.2. The Kier molecular flexibility index (Phi) is 3.14. The summed E-state index contributed by atoms with van der Waals surface area (Å²) in [6, 6.07) is 8.50. The van der Waals surface area contributed by atoms with Gasteiger partial charge in [-0.15, -0.1) is 5.10 Å². The van der Waals surface area contributed by atoms with Gasteiger partial charge >= 0.3 is 0 Å². The molecular weight excluding hydrogens is 254 g/mol. The van der Waals surface area contributed by atoms with Gasteiger partial charge in [0.2, 0.25) is 11.8 Å². The summed E-state index contributed by atoms with van der Waals surface area (Å²) in [5, 5.41) is 6.30. The fraction of sp³-hybridized carbons (Fsp3) is 0.357. The van der Waals surface area contributed by atoms with E-state index in [1.165, 1.54) is 5.56 Å². The fourth-order valence-electron chi connectivity index (χ4n) is 2.15. The highest BCUT2D eigenvalue weighted by Crippen LogP contribution is 2.29. The molecule has 2 aromatic rings. The molecule has 20 heavy (non-hydrogen) atoms. The number of hydrogen-bond donors (Lipinski definition) is 2. The number of carbonyl (C=O) groups is 1. The summed E-state index contributed by atoms with van der Waals surface area (Å²) in [5.74, 6) is 0.165. The second-order valence-corrected chi connectivity index (χ2v) is 5.19. The summed E-state index contributed by atoms with van der Waals surface area (Å²) in [6.45, 7) is 2.63. The van der Waals surface area contributed by atoms with Crippen LogP contribution in [0.5, 0.6) is 0 Å². The molecule has 1 saturated carbocycles. The SMILES string of the molecule is Cc1ccc(CN(C(=O)c2nc(N)n[nH]2)C2CC2)cc1. The van der Waals surface area contributed by atoms with Crippen LogP contribution >= 0.6 is 0 Å². The van der Waals surface area contributed by atoms with Gasteiger partial charge in [0.25, 0.3) is 5.91 Å². The Morgan fingerprint density at radius 2 is 2.10 bits per heavy atom. The van der Waals surface area contributed by atoms with Crippen molar-refractivity contribution >= 4 is 11.9 Å². The zero-order chi connectivity index (χ0) is 14.1. The van der Waals surface area contributed by atoms with Crippen molar-refractivity contribution in [3.05, 3.63) is 41.2 Å². The molecule has 6 heteroatoms. The van der Waals surface area contributed by atoms with Crippen molar-refractivity contribution in [1.29, 1.82) is 0 Å². The highest BCUT2D eigenvalue weighted by molar-refractivity contribution is 5.91. The molecule has 0 spiro atoms. The number of rotatable bonds is 4. The molecule has 1 amide bonds. The number of hydrogen-bond acceptors (Lipinski definition) is 4. The normalized spacial score (nSPS) is 14.2. The number of aromatic nitrogens is 3. The van der Waals surface area contributed by atoms with Crippen LogP contribution in [0.25, 0.3) is 0 Å². The second kappa shape index (κ2) is 4.96. The Morgan fingerprint density at radius 3 is 2.65 bits per heavy atom. The monoisotopic (exact) mass is 271 g/mol. The van der Waals surface area contributed by atoms with E-state index in [2.05, 4.69) is 27.3 Å². The van der Waals surface area contributed by atoms with Gasteiger partial charge in [-0.05, 0) is 25.3 Å². The van der Waals surface area contributed by atoms with E-state index in [-0.39, 0.29) is 17.7 Å². The van der Waals surface area contributed by atoms with E-state index in [1.807, 2.05) is 24.0 Å². The number of nitrogens with two attached hydrogens (primary N) is 1. The van der Waals surface area contributed by atoms with E-state index in [0.29, 0.717) is 12.6 Å². The minimum Gasteiger partial charge on any atom is -0.366 e. The molecule has 3 N–H and O–H groups in total. The van der Waals surface area contributed by atoms with Crippen molar-refractivity contribution in [3.8, 4) is 0 Å². The van der Waals surface area contributed by atoms with Crippen LogP contribution < -0.4 is 5.73 Å². The van der Waals surface area contributed by atoms with E-state index in [4.69, 9.17) is 5.73 Å². The average Bonchev–Trinajstić information content (AvgIpc) is 3.19. The predicted molar refractivity (Wildman–Crippen MR) is 74.9 cm³/mol. The first-order chi connectivity index (χ1) is 9.63. The molecule has 1 aliphatic carbocycles. The van der Waals surface area contributed by atoms with E-state index in [1.54, 1.807) is 0 Å². The standard InChI is InChI=1S/C14H17N5O/c1-9-2-4-10(5-3-9)8-19(11-6-7-11)13(20)12-16-14(15)18-17-12/h2-5,11H,6-8H2,1H3,(H3,15,16,17,18). The lowest BCUT2D eigenvalue weighted by molar-refractivity contribution is 0.0718. The Bertz CT molecular complexity index is 615. The summed E-state index contributed by atoms with van der Waals surface area (Å²) in [5.41, 5.74) is 7.78. The molecular formula is C14H17N5O. The Hall–Kier alpha value is -2.37. The number of benzene rings is 1. The smallest absolute Gasteiger partial charge is 0.291 e. The minimum atomic E-state index is -0.141. The van der Waals surface area contributed by atoms with E-state index in [0.717, 1.165) is 18.4 Å². The molecule has 0 radical (unpaired) electrons. The van der Waals surface area contributed by atoms with Gasteiger partial charge in [-0.2, -0.15) is 4.98 Å². The lowest BCUT2D eigenvalue weighted by Crippen LogP contribution is -2.33. The maximum Gasteiger partial charge on any atom is 0.291 e. The summed E-state index contributed by atoms with van der Waals surface area (Å²) < 4.78 is 0. The van der Waals surface area contributed by atoms with E-state index < -0.39 is 0 Å². The van der Waals surface area contributed by atoms with Crippen LogP contribution in [0.3, 0.4) is 0 Å². The number of aromatic amines is 1. The molecule has 0 saturated heterocycles. The molecule has 3 rings (SSSR count). The van der Waals surface area contributed by atoms with Crippen molar-refractivity contribution in [1.82, 2.24) is 20.1 Å². The molecule has 1 aliphatic rings. The molecule has 1 aromatic heterocycles. The first kappa shape index (κ1) is 12.7. The van der Waals surface area contributed by atoms with Crippen LogP contribution in [-0.4, -0.2) is 32.0 Å². The number of carbonyl (C=O) groups excluding carboxylic acids is 1. The van der Waals surface area contributed by atoms with Crippen LogP contribution in [0.15, 0.2) is 24.3 Å². The maximum atomic E-state index is 12.4. The highest BCUT2D eigenvalue weighted by Gasteiger charge is 2.34. The van der Waals surface area contributed by atoms with Crippen LogP contribution in [0.1, 0.15) is 34.6 Å². The van der Waals surface area contributed by atoms with Crippen molar-refractivity contribution < 1.29 is 4.79 Å². The summed E-state index contributed by atoms with van der Waals surface area (Å²) in [6.07, 6.45) is 2.09. The van der Waals surface area contributed by atoms with Crippen LogP contribution in [0.2, 0.25) is 0 Å². The Balaban J connectivity index is 1.79. The fourth-order valence-corrected chi connectivity index (χ4v) is 2.15. The van der Waals surface area contributed by atoms with Crippen LogP contribution in [0.4, 0.5) is 5.95 Å². The van der Waals surface area contributed by atoms with Gasteiger partial charge in [0.1, 0.15) is 0 Å². The lowest BCUT2D eigenvalue weighted by Gasteiger charge is -2.21. The van der Waals surface area contributed by atoms with E-state index in [9.17, 15) is 4.79 Å². The van der Waals surface area contributed by atoms with Gasteiger partial charge in [-0.3, -0.25) is 9.89 Å². The maximum absolute atomic E-state index is 12.4. The Labute approximate surface area is 117 Å². The molecule has 1 fully saturated rings. The third-order valence-electron chi connectivity index (χ3n) is 3.43. The van der Waals surface area contributed by atoms with Gasteiger partial charge in [-0.25, -0.2) is 0 Å². The van der Waals surface area contributed by atoms with Gasteiger partial charge in [0, 0.05) is 12.6 Å². The first-order valence-corrected chi connectivity index (χ1v) is 6.68. The number of aryl methyl sites for hydroxylation is 1. The molecule has 0 bridgehead atoms. The second-order valence-electron chi connectivity index (χ2n) is 5.19. The molecule has 104 valence electrons. The molecule has 1 heterocycles. The zero-order valence-corrected chi connectivity index (χ0v) is 11.3. The summed E-state index contributed by atoms with van der Waals surface area (Å²) in [7, 11) is 0. The minimum absolute atomic E-state index is 0.0967. The average molecular weight is 271 g/mol. The van der Waals surface area contributed by atoms with E-state index >= 15 is 0 Å². The predicted octanol–water partition coefficient (Wildman–Crippen LogP) is 1.50. The number of nitrogen functional groups attached to an aromatic ring is 1. The third-order valence-corrected chi connectivity index (χ3v) is 3.43. The van der Waals surface area contributed by atoms with Gasteiger partial charge in [0.05, 0.1) is 0 Å². The summed E-state index contributed by atoms with van der Waals surface area (Å²) >= 11 is 0. The highest BCUT2D eigenvalue weighted by atomic mass is 16.2. The lowest BCUT2D eigenvalue weighted by atomic mass is 10.1. The van der Waals surface area contributed by atoms with Crippen molar-refractivity contribution in [2.75, 3.05) is 5.73 Å². The molecule has 6 nitrogen and oxygen atoms in total. The quantitative estimate of drug-likeness (QED) is 0.882. The van der Waals surface area contributed by atoms with Gasteiger partial charge in [-0.1, -0.05) is 29.8 Å². The molecule has 0 unspecified atom stereocenters. The largest absolute Gasteiger partial charge is 0.366 e. The number of nitrogens with zero attached hydrogens (tertiary/aromatic N) is 3.